The molecule has 0 aromatic rings. The van der Waals surface area contributed by atoms with Crippen LogP contribution in [0.2, 0.25) is 0 Å². The van der Waals surface area contributed by atoms with Crippen molar-refractivity contribution in [2.75, 3.05) is 0 Å². The summed E-state index contributed by atoms with van der Waals surface area (Å²) in [6.45, 7) is 6.62. The number of aliphatic hydroxyl groups is 1. The van der Waals surface area contributed by atoms with Crippen LogP contribution in [0.5, 0.6) is 0 Å². The standard InChI is InChI=1S/C5H8O.BrH.Mg/c1-3-5(6)4-2;;/h3-6H,1-2H2;1H;/q;;+2/p-1. The first kappa shape index (κ1) is 15.9. The van der Waals surface area contributed by atoms with Gasteiger partial charge in [-0.05, 0) is 0 Å². The van der Waals surface area contributed by atoms with E-state index < -0.39 is 6.10 Å². The zero-order valence-electron chi connectivity index (χ0n) is 4.68. The second-order valence-electron chi connectivity index (χ2n) is 0.962. The van der Waals surface area contributed by atoms with Crippen molar-refractivity contribution >= 4 is 23.1 Å². The van der Waals surface area contributed by atoms with Crippen LogP contribution in [-0.4, -0.2) is 34.3 Å². The largest absolute Gasteiger partial charge is 2.00 e. The average Bonchev–Trinajstić information content (AvgIpc) is 1.65. The van der Waals surface area contributed by atoms with E-state index in [9.17, 15) is 0 Å². The quantitative estimate of drug-likeness (QED) is 0.370. The van der Waals surface area contributed by atoms with E-state index in [-0.39, 0.29) is 40.0 Å². The first-order chi connectivity index (χ1) is 2.81. The fourth-order valence-corrected chi connectivity index (χ4v) is 0.0962. The Kier molecular flexibility index (Phi) is 21.1. The van der Waals surface area contributed by atoms with Crippen molar-refractivity contribution in [1.82, 2.24) is 0 Å². The van der Waals surface area contributed by atoms with Crippen molar-refractivity contribution in [3.63, 3.8) is 0 Å². The molecule has 0 rings (SSSR count). The van der Waals surface area contributed by atoms with Gasteiger partial charge in [-0.2, -0.15) is 0 Å². The molecule has 0 heterocycles. The summed E-state index contributed by atoms with van der Waals surface area (Å²) in [6, 6.07) is 0. The SMILES string of the molecule is C=CC(O)C=C.[Br-].[Mg+2]. The van der Waals surface area contributed by atoms with Gasteiger partial charge in [0.15, 0.2) is 0 Å². The molecule has 0 aliphatic heterocycles. The Hall–Kier alpha value is 0.686. The van der Waals surface area contributed by atoms with E-state index in [1.807, 2.05) is 0 Å². The first-order valence-electron chi connectivity index (χ1n) is 1.74. The monoisotopic (exact) mass is 187 g/mol. The molecule has 0 aliphatic rings. The second-order valence-corrected chi connectivity index (χ2v) is 0.962. The van der Waals surface area contributed by atoms with Crippen molar-refractivity contribution in [1.29, 1.82) is 0 Å². The van der Waals surface area contributed by atoms with Gasteiger partial charge in [0.25, 0.3) is 0 Å². The van der Waals surface area contributed by atoms with Crippen LogP contribution in [0.1, 0.15) is 0 Å². The summed E-state index contributed by atoms with van der Waals surface area (Å²) < 4.78 is 0. The summed E-state index contributed by atoms with van der Waals surface area (Å²) in [4.78, 5) is 0. The van der Waals surface area contributed by atoms with Gasteiger partial charge in [0.05, 0.1) is 6.10 Å². The van der Waals surface area contributed by atoms with Crippen LogP contribution in [0.4, 0.5) is 0 Å². The van der Waals surface area contributed by atoms with Crippen LogP contribution in [-0.2, 0) is 0 Å². The fraction of sp³-hybridized carbons (Fsp3) is 0.200. The Bertz CT molecular complexity index is 57.4. The van der Waals surface area contributed by atoms with E-state index in [0.717, 1.165) is 0 Å². The van der Waals surface area contributed by atoms with Crippen molar-refractivity contribution < 1.29 is 22.1 Å². The molecule has 42 valence electrons. The predicted molar refractivity (Wildman–Crippen MR) is 32.2 cm³/mol. The molecular weight excluding hydrogens is 180 g/mol. The number of rotatable bonds is 2. The first-order valence-corrected chi connectivity index (χ1v) is 1.74. The molecule has 0 aromatic heterocycles. The van der Waals surface area contributed by atoms with Crippen LogP contribution < -0.4 is 17.0 Å². The second kappa shape index (κ2) is 10.6. The molecule has 0 saturated heterocycles. The topological polar surface area (TPSA) is 20.2 Å². The summed E-state index contributed by atoms with van der Waals surface area (Å²) in [6.07, 6.45) is 2.28. The van der Waals surface area contributed by atoms with Gasteiger partial charge in [0.1, 0.15) is 0 Å². The molecule has 0 radical (unpaired) electrons. The molecule has 1 N–H and O–H groups in total. The van der Waals surface area contributed by atoms with Crippen LogP contribution in [0.25, 0.3) is 0 Å². The number of aliphatic hydroxyl groups excluding tert-OH is 1. The Morgan fingerprint density at radius 1 is 1.25 bits per heavy atom. The van der Waals surface area contributed by atoms with Gasteiger partial charge in [0.2, 0.25) is 0 Å². The third-order valence-electron chi connectivity index (χ3n) is 0.483. The van der Waals surface area contributed by atoms with Crippen molar-refractivity contribution in [2.24, 2.45) is 0 Å². The minimum atomic E-state index is -0.537. The van der Waals surface area contributed by atoms with Crippen molar-refractivity contribution in [3.05, 3.63) is 25.3 Å². The van der Waals surface area contributed by atoms with Crippen LogP contribution in [0, 0.1) is 0 Å². The summed E-state index contributed by atoms with van der Waals surface area (Å²) in [5, 5.41) is 8.43. The van der Waals surface area contributed by atoms with E-state index in [1.54, 1.807) is 0 Å². The van der Waals surface area contributed by atoms with Gasteiger partial charge in [-0.15, -0.1) is 13.2 Å². The molecule has 0 bridgehead atoms. The maximum atomic E-state index is 8.43. The van der Waals surface area contributed by atoms with Gasteiger partial charge in [0, 0.05) is 0 Å². The van der Waals surface area contributed by atoms with Crippen molar-refractivity contribution in [3.8, 4) is 0 Å². The van der Waals surface area contributed by atoms with Gasteiger partial charge >= 0.3 is 23.1 Å². The molecule has 0 amide bonds. The third kappa shape index (κ3) is 9.84. The zero-order chi connectivity index (χ0) is 4.99. The molecule has 3 heteroatoms. The fourth-order valence-electron chi connectivity index (χ4n) is 0.0962. The maximum absolute atomic E-state index is 8.43. The molecule has 0 unspecified atom stereocenters. The maximum Gasteiger partial charge on any atom is 2.00 e. The average molecular weight is 188 g/mol. The number of hydrogen-bond acceptors (Lipinski definition) is 1. The Morgan fingerprint density at radius 3 is 1.50 bits per heavy atom. The van der Waals surface area contributed by atoms with Crippen LogP contribution in [0.3, 0.4) is 0 Å². The van der Waals surface area contributed by atoms with Gasteiger partial charge in [-0.25, -0.2) is 0 Å². The molecule has 0 aromatic carbocycles. The molecular formula is C5H8BrMgO+. The van der Waals surface area contributed by atoms with E-state index in [2.05, 4.69) is 13.2 Å². The predicted octanol–water partition coefficient (Wildman–Crippen LogP) is -2.66. The summed E-state index contributed by atoms with van der Waals surface area (Å²) in [7, 11) is 0. The van der Waals surface area contributed by atoms with Crippen molar-refractivity contribution in [2.45, 2.75) is 6.10 Å². The van der Waals surface area contributed by atoms with E-state index >= 15 is 0 Å². The molecule has 0 spiro atoms. The van der Waals surface area contributed by atoms with Gasteiger partial charge in [-0.1, -0.05) is 12.2 Å². The Morgan fingerprint density at radius 2 is 1.50 bits per heavy atom. The van der Waals surface area contributed by atoms with Gasteiger partial charge in [-0.3, -0.25) is 0 Å². The van der Waals surface area contributed by atoms with E-state index in [1.165, 1.54) is 12.2 Å². The Balaban J connectivity index is -0.000000125. The molecule has 1 nitrogen and oxygen atoms in total. The normalized spacial score (nSPS) is 6.25. The molecule has 8 heavy (non-hydrogen) atoms. The molecule has 0 atom stereocenters. The Labute approximate surface area is 76.4 Å². The molecule has 0 fully saturated rings. The van der Waals surface area contributed by atoms with Crippen LogP contribution >= 0.6 is 0 Å². The number of hydrogen-bond donors (Lipinski definition) is 1. The van der Waals surface area contributed by atoms with Crippen LogP contribution in [0.15, 0.2) is 25.3 Å². The minimum Gasteiger partial charge on any atom is -1.00 e. The van der Waals surface area contributed by atoms with Gasteiger partial charge < -0.3 is 22.1 Å². The zero-order valence-corrected chi connectivity index (χ0v) is 7.68. The molecule has 0 aliphatic carbocycles. The summed E-state index contributed by atoms with van der Waals surface area (Å²) in [5.74, 6) is 0. The third-order valence-corrected chi connectivity index (χ3v) is 0.483. The minimum absolute atomic E-state index is 0. The summed E-state index contributed by atoms with van der Waals surface area (Å²) in [5.41, 5.74) is 0. The molecule has 0 saturated carbocycles. The van der Waals surface area contributed by atoms with E-state index in [0.29, 0.717) is 0 Å². The summed E-state index contributed by atoms with van der Waals surface area (Å²) >= 11 is 0. The van der Waals surface area contributed by atoms with E-state index in [4.69, 9.17) is 5.11 Å². The smallest absolute Gasteiger partial charge is 1.00 e. The number of halogens is 1.